The zero-order valence-electron chi connectivity index (χ0n) is 43.9. The second kappa shape index (κ2) is 48.3. The number of aliphatic hydroxyl groups is 5. The van der Waals surface area contributed by atoms with Gasteiger partial charge in [0, 0.05) is 6.42 Å². The number of hydrogen-bond donors (Lipinski definition) is 6. The van der Waals surface area contributed by atoms with Gasteiger partial charge in [-0.05, 0) is 32.1 Å². The molecule has 7 unspecified atom stereocenters. The van der Waals surface area contributed by atoms with Crippen LogP contribution in [0.2, 0.25) is 0 Å². The highest BCUT2D eigenvalue weighted by Crippen LogP contribution is 2.23. The average Bonchev–Trinajstić information content (AvgIpc) is 3.33. The Morgan fingerprint density at radius 1 is 0.493 bits per heavy atom. The molecule has 0 aliphatic carbocycles. The van der Waals surface area contributed by atoms with Gasteiger partial charge in [0.25, 0.3) is 0 Å². The summed E-state index contributed by atoms with van der Waals surface area (Å²) in [5, 5.41) is 54.4. The van der Waals surface area contributed by atoms with Gasteiger partial charge < -0.3 is 40.3 Å². The third kappa shape index (κ3) is 38.1. The highest BCUT2D eigenvalue weighted by Gasteiger charge is 2.44. The van der Waals surface area contributed by atoms with Crippen LogP contribution in [0.25, 0.3) is 0 Å². The average molecular weight is 951 g/mol. The molecule has 1 rings (SSSR count). The van der Waals surface area contributed by atoms with Crippen LogP contribution in [0.15, 0.2) is 24.3 Å². The maximum absolute atomic E-state index is 13.0. The van der Waals surface area contributed by atoms with Crippen molar-refractivity contribution in [3.8, 4) is 0 Å². The van der Waals surface area contributed by atoms with E-state index < -0.39 is 49.5 Å². The predicted molar refractivity (Wildman–Crippen MR) is 281 cm³/mol. The number of carbonyl (C=O) groups is 1. The van der Waals surface area contributed by atoms with E-state index in [0.717, 1.165) is 38.5 Å². The summed E-state index contributed by atoms with van der Waals surface area (Å²) in [6.07, 6.45) is 54.1. The largest absolute Gasteiger partial charge is 0.394 e. The first-order valence-corrected chi connectivity index (χ1v) is 29.1. The Morgan fingerprint density at radius 2 is 0.851 bits per heavy atom. The summed E-state index contributed by atoms with van der Waals surface area (Å²) < 4.78 is 11.2. The van der Waals surface area contributed by atoms with E-state index in [4.69, 9.17) is 9.47 Å². The third-order valence-corrected chi connectivity index (χ3v) is 14.0. The van der Waals surface area contributed by atoms with Crippen molar-refractivity contribution in [2.45, 2.75) is 326 Å². The zero-order valence-corrected chi connectivity index (χ0v) is 43.9. The van der Waals surface area contributed by atoms with E-state index in [2.05, 4.69) is 31.3 Å². The molecule has 1 heterocycles. The summed E-state index contributed by atoms with van der Waals surface area (Å²) in [5.74, 6) is -0.183. The van der Waals surface area contributed by atoms with Gasteiger partial charge in [0.1, 0.15) is 24.4 Å². The zero-order chi connectivity index (χ0) is 48.7. The van der Waals surface area contributed by atoms with Gasteiger partial charge >= 0.3 is 0 Å². The van der Waals surface area contributed by atoms with Crippen LogP contribution in [-0.4, -0.2) is 87.5 Å². The number of amides is 1. The van der Waals surface area contributed by atoms with E-state index in [-0.39, 0.29) is 12.5 Å². The minimum Gasteiger partial charge on any atom is -0.394 e. The van der Waals surface area contributed by atoms with Crippen LogP contribution < -0.4 is 5.32 Å². The maximum atomic E-state index is 13.0. The number of carbonyl (C=O) groups excluding carboxylic acids is 1. The van der Waals surface area contributed by atoms with Gasteiger partial charge in [-0.3, -0.25) is 4.79 Å². The molecule has 1 aliphatic rings. The van der Waals surface area contributed by atoms with Crippen LogP contribution in [0.4, 0.5) is 0 Å². The fourth-order valence-electron chi connectivity index (χ4n) is 9.41. The Bertz CT molecular complexity index is 1100. The van der Waals surface area contributed by atoms with E-state index in [0.29, 0.717) is 6.42 Å². The first-order valence-electron chi connectivity index (χ1n) is 29.1. The standard InChI is InChI=1S/C58H111NO8/c1-3-5-7-9-11-13-15-17-19-20-21-22-23-24-25-26-27-28-29-30-31-32-33-34-35-37-39-41-43-45-47-52(61)51(50-66-58-57(65)56(64)55(63)53(49-60)67-58)59-54(62)48-46-44-42-40-38-36-18-16-14-12-10-8-6-4-2/h37,39,45,47,51-53,55-58,60-61,63-65H,3-36,38,40-44,46,48-50H2,1-2H3,(H,59,62)/b39-37+,47-45+. The Balaban J connectivity index is 2.18. The molecule has 0 aromatic rings. The van der Waals surface area contributed by atoms with Gasteiger partial charge in [0.15, 0.2) is 6.29 Å². The maximum Gasteiger partial charge on any atom is 0.220 e. The van der Waals surface area contributed by atoms with Crippen LogP contribution in [0.3, 0.4) is 0 Å². The van der Waals surface area contributed by atoms with E-state index >= 15 is 0 Å². The van der Waals surface area contributed by atoms with Crippen molar-refractivity contribution >= 4 is 5.91 Å². The minimum atomic E-state index is -1.57. The minimum absolute atomic E-state index is 0.183. The molecule has 1 aliphatic heterocycles. The topological polar surface area (TPSA) is 149 Å². The molecule has 9 nitrogen and oxygen atoms in total. The summed E-state index contributed by atoms with van der Waals surface area (Å²) in [7, 11) is 0. The molecule has 67 heavy (non-hydrogen) atoms. The van der Waals surface area contributed by atoms with Gasteiger partial charge in [-0.25, -0.2) is 0 Å². The van der Waals surface area contributed by atoms with Gasteiger partial charge in [0.2, 0.25) is 5.91 Å². The Hall–Kier alpha value is -1.33. The molecule has 1 amide bonds. The van der Waals surface area contributed by atoms with E-state index in [1.807, 2.05) is 6.08 Å². The Morgan fingerprint density at radius 3 is 1.25 bits per heavy atom. The summed E-state index contributed by atoms with van der Waals surface area (Å²) in [5.41, 5.74) is 0. The normalized spacial score (nSPS) is 19.8. The molecular weight excluding hydrogens is 839 g/mol. The Kier molecular flexibility index (Phi) is 45.9. The lowest BCUT2D eigenvalue weighted by molar-refractivity contribution is -0.302. The van der Waals surface area contributed by atoms with Gasteiger partial charge in [-0.1, -0.05) is 269 Å². The molecule has 0 saturated carbocycles. The number of nitrogens with one attached hydrogen (secondary N) is 1. The summed E-state index contributed by atoms with van der Waals surface area (Å²) in [6, 6.07) is -0.818. The molecule has 9 heteroatoms. The molecule has 0 aromatic heterocycles. The van der Waals surface area contributed by atoms with E-state index in [1.165, 1.54) is 225 Å². The summed E-state index contributed by atoms with van der Waals surface area (Å²) in [4.78, 5) is 13.0. The lowest BCUT2D eigenvalue weighted by Crippen LogP contribution is -2.60. The molecular formula is C58H111NO8. The first-order chi connectivity index (χ1) is 32.8. The van der Waals surface area contributed by atoms with E-state index in [1.54, 1.807) is 6.08 Å². The van der Waals surface area contributed by atoms with Crippen molar-refractivity contribution in [2.75, 3.05) is 13.2 Å². The fraction of sp³-hybridized carbons (Fsp3) is 0.914. The molecule has 6 N–H and O–H groups in total. The van der Waals surface area contributed by atoms with Crippen molar-refractivity contribution in [3.05, 3.63) is 24.3 Å². The molecule has 0 aromatic carbocycles. The number of aliphatic hydroxyl groups excluding tert-OH is 5. The third-order valence-electron chi connectivity index (χ3n) is 14.0. The smallest absolute Gasteiger partial charge is 0.220 e. The predicted octanol–water partition coefficient (Wildman–Crippen LogP) is 14.2. The second-order valence-electron chi connectivity index (χ2n) is 20.4. The van der Waals surface area contributed by atoms with Crippen molar-refractivity contribution in [1.29, 1.82) is 0 Å². The lowest BCUT2D eigenvalue weighted by atomic mass is 9.99. The van der Waals surface area contributed by atoms with Crippen LogP contribution >= 0.6 is 0 Å². The number of unbranched alkanes of at least 4 members (excludes halogenated alkanes) is 38. The van der Waals surface area contributed by atoms with Gasteiger partial charge in [-0.2, -0.15) is 0 Å². The molecule has 0 radical (unpaired) electrons. The van der Waals surface area contributed by atoms with Crippen LogP contribution in [0, 0.1) is 0 Å². The van der Waals surface area contributed by atoms with E-state index in [9.17, 15) is 30.3 Å². The van der Waals surface area contributed by atoms with Crippen LogP contribution in [0.1, 0.15) is 284 Å². The quantitative estimate of drug-likeness (QED) is 0.0261. The van der Waals surface area contributed by atoms with Gasteiger partial charge in [0.05, 0.1) is 25.4 Å². The van der Waals surface area contributed by atoms with Gasteiger partial charge in [-0.15, -0.1) is 0 Å². The lowest BCUT2D eigenvalue weighted by Gasteiger charge is -2.40. The first kappa shape index (κ1) is 63.7. The highest BCUT2D eigenvalue weighted by atomic mass is 16.7. The van der Waals surface area contributed by atoms with Crippen molar-refractivity contribution in [3.63, 3.8) is 0 Å². The van der Waals surface area contributed by atoms with Crippen LogP contribution in [0.5, 0.6) is 0 Å². The molecule has 1 saturated heterocycles. The monoisotopic (exact) mass is 950 g/mol. The number of hydrogen-bond acceptors (Lipinski definition) is 8. The van der Waals surface area contributed by atoms with Crippen LogP contribution in [-0.2, 0) is 14.3 Å². The fourth-order valence-corrected chi connectivity index (χ4v) is 9.41. The molecule has 0 spiro atoms. The summed E-state index contributed by atoms with van der Waals surface area (Å²) in [6.45, 7) is 3.79. The molecule has 1 fully saturated rings. The number of ether oxygens (including phenoxy) is 2. The second-order valence-corrected chi connectivity index (χ2v) is 20.4. The SMILES string of the molecule is CCCCCCCCCCCCCCCCCCCCCCCCCC/C=C/CC/C=C/C(O)C(COC1OC(CO)C(O)C(O)C1O)NC(=O)CCCCCCCCCCCCCCCC. The van der Waals surface area contributed by atoms with Crippen molar-refractivity contribution in [1.82, 2.24) is 5.32 Å². The Labute approximate surface area is 413 Å². The molecule has 7 atom stereocenters. The van der Waals surface area contributed by atoms with Crippen molar-refractivity contribution in [2.24, 2.45) is 0 Å². The molecule has 0 bridgehead atoms. The summed E-state index contributed by atoms with van der Waals surface area (Å²) >= 11 is 0. The highest BCUT2D eigenvalue weighted by molar-refractivity contribution is 5.76. The number of allylic oxidation sites excluding steroid dienone is 3. The molecule has 396 valence electrons. The van der Waals surface area contributed by atoms with Crippen molar-refractivity contribution < 1.29 is 39.8 Å². The number of rotatable bonds is 50.